The Bertz CT molecular complexity index is 345. The maximum Gasteiger partial charge on any atom is 0.276 e. The molecule has 1 aromatic heterocycles. The number of H-pyrrole nitrogens is 1. The summed E-state index contributed by atoms with van der Waals surface area (Å²) in [5.41, 5.74) is 5.92. The smallest absolute Gasteiger partial charge is 0.276 e. The van der Waals surface area contributed by atoms with Crippen molar-refractivity contribution < 1.29 is 4.79 Å². The van der Waals surface area contributed by atoms with Crippen LogP contribution in [-0.4, -0.2) is 45.3 Å². The largest absolute Gasteiger partial charge is 0.334 e. The summed E-state index contributed by atoms with van der Waals surface area (Å²) in [4.78, 5) is 14.2. The van der Waals surface area contributed by atoms with Crippen molar-refractivity contribution >= 4 is 5.91 Å². The SMILES string of the molecule is NCCCN(C(=O)c1cn[nH]n1)C1CCCC1. The second-order valence-corrected chi connectivity index (χ2v) is 4.43. The first-order valence-electron chi connectivity index (χ1n) is 6.19. The minimum absolute atomic E-state index is 0.0286. The fraction of sp³-hybridized carbons (Fsp3) is 0.727. The van der Waals surface area contributed by atoms with Gasteiger partial charge in [0.25, 0.3) is 5.91 Å². The van der Waals surface area contributed by atoms with Crippen LogP contribution in [0.3, 0.4) is 0 Å². The minimum Gasteiger partial charge on any atom is -0.334 e. The van der Waals surface area contributed by atoms with Gasteiger partial charge in [0, 0.05) is 12.6 Å². The summed E-state index contributed by atoms with van der Waals surface area (Å²) in [6.07, 6.45) is 6.90. The van der Waals surface area contributed by atoms with Gasteiger partial charge in [-0.3, -0.25) is 4.79 Å². The van der Waals surface area contributed by atoms with Crippen molar-refractivity contribution in [3.05, 3.63) is 11.9 Å². The highest BCUT2D eigenvalue weighted by atomic mass is 16.2. The Labute approximate surface area is 101 Å². The van der Waals surface area contributed by atoms with Crippen LogP contribution in [0.2, 0.25) is 0 Å². The number of nitrogens with two attached hydrogens (primary N) is 1. The number of carbonyl (C=O) groups is 1. The average molecular weight is 237 g/mol. The number of hydrogen-bond acceptors (Lipinski definition) is 4. The molecule has 0 bridgehead atoms. The van der Waals surface area contributed by atoms with Crippen LogP contribution in [0.25, 0.3) is 0 Å². The number of hydrogen-bond donors (Lipinski definition) is 2. The van der Waals surface area contributed by atoms with Gasteiger partial charge < -0.3 is 10.6 Å². The number of carbonyl (C=O) groups excluding carboxylic acids is 1. The quantitative estimate of drug-likeness (QED) is 0.782. The van der Waals surface area contributed by atoms with Crippen molar-refractivity contribution in [2.45, 2.75) is 38.1 Å². The van der Waals surface area contributed by atoms with Gasteiger partial charge in [-0.15, -0.1) is 0 Å². The third-order valence-corrected chi connectivity index (χ3v) is 3.26. The van der Waals surface area contributed by atoms with Crippen LogP contribution in [-0.2, 0) is 0 Å². The predicted molar refractivity (Wildman–Crippen MR) is 63.3 cm³/mol. The molecule has 1 amide bonds. The van der Waals surface area contributed by atoms with E-state index in [0.717, 1.165) is 19.3 Å². The summed E-state index contributed by atoms with van der Waals surface area (Å²) in [7, 11) is 0. The third kappa shape index (κ3) is 2.82. The molecule has 1 aliphatic rings. The van der Waals surface area contributed by atoms with Crippen LogP contribution in [0, 0.1) is 0 Å². The molecule has 2 rings (SSSR count). The van der Waals surface area contributed by atoms with Gasteiger partial charge in [0.2, 0.25) is 0 Å². The van der Waals surface area contributed by atoms with Crippen LogP contribution in [0.1, 0.15) is 42.6 Å². The van der Waals surface area contributed by atoms with E-state index in [1.54, 1.807) is 0 Å². The van der Waals surface area contributed by atoms with E-state index in [0.29, 0.717) is 24.8 Å². The normalized spacial score (nSPS) is 16.3. The summed E-state index contributed by atoms with van der Waals surface area (Å²) in [6, 6.07) is 0.353. The molecule has 94 valence electrons. The molecule has 1 aliphatic carbocycles. The number of aromatic nitrogens is 3. The highest BCUT2D eigenvalue weighted by Crippen LogP contribution is 2.24. The Balaban J connectivity index is 2.06. The van der Waals surface area contributed by atoms with Gasteiger partial charge in [-0.25, -0.2) is 0 Å². The molecule has 1 aromatic rings. The molecule has 0 spiro atoms. The molecular formula is C11H19N5O. The molecule has 6 heteroatoms. The number of nitrogens with one attached hydrogen (secondary N) is 1. The molecule has 0 aliphatic heterocycles. The first kappa shape index (κ1) is 12.0. The van der Waals surface area contributed by atoms with E-state index in [2.05, 4.69) is 15.4 Å². The fourth-order valence-corrected chi connectivity index (χ4v) is 2.38. The topological polar surface area (TPSA) is 87.9 Å². The second-order valence-electron chi connectivity index (χ2n) is 4.43. The molecule has 17 heavy (non-hydrogen) atoms. The van der Waals surface area contributed by atoms with Crippen LogP contribution in [0.4, 0.5) is 0 Å². The van der Waals surface area contributed by atoms with Crippen LogP contribution < -0.4 is 5.73 Å². The predicted octanol–water partition coefficient (Wildman–Crippen LogP) is 0.538. The van der Waals surface area contributed by atoms with E-state index in [1.165, 1.54) is 19.0 Å². The first-order chi connectivity index (χ1) is 8.33. The Hall–Kier alpha value is -1.43. The Kier molecular flexibility index (Phi) is 4.08. The minimum atomic E-state index is -0.0286. The summed E-state index contributed by atoms with van der Waals surface area (Å²) < 4.78 is 0. The molecule has 0 aromatic carbocycles. The van der Waals surface area contributed by atoms with Gasteiger partial charge in [0.15, 0.2) is 5.69 Å². The van der Waals surface area contributed by atoms with Gasteiger partial charge in [-0.05, 0) is 25.8 Å². The first-order valence-corrected chi connectivity index (χ1v) is 6.19. The zero-order valence-electron chi connectivity index (χ0n) is 9.93. The van der Waals surface area contributed by atoms with E-state index in [4.69, 9.17) is 5.73 Å². The van der Waals surface area contributed by atoms with E-state index >= 15 is 0 Å². The Morgan fingerprint density at radius 1 is 1.53 bits per heavy atom. The number of rotatable bonds is 5. The van der Waals surface area contributed by atoms with Crippen LogP contribution in [0.15, 0.2) is 6.20 Å². The molecule has 1 fully saturated rings. The Morgan fingerprint density at radius 3 is 2.88 bits per heavy atom. The van der Waals surface area contributed by atoms with E-state index in [-0.39, 0.29) is 5.91 Å². The highest BCUT2D eigenvalue weighted by Gasteiger charge is 2.27. The van der Waals surface area contributed by atoms with Gasteiger partial charge >= 0.3 is 0 Å². The van der Waals surface area contributed by atoms with E-state index < -0.39 is 0 Å². The molecule has 0 atom stereocenters. The summed E-state index contributed by atoms with van der Waals surface area (Å²) >= 11 is 0. The van der Waals surface area contributed by atoms with Gasteiger partial charge in [0.1, 0.15) is 0 Å². The molecular weight excluding hydrogens is 218 g/mol. The van der Waals surface area contributed by atoms with Gasteiger partial charge in [0.05, 0.1) is 6.20 Å². The van der Waals surface area contributed by atoms with Crippen molar-refractivity contribution in [1.29, 1.82) is 0 Å². The highest BCUT2D eigenvalue weighted by molar-refractivity contribution is 5.92. The zero-order valence-corrected chi connectivity index (χ0v) is 9.93. The fourth-order valence-electron chi connectivity index (χ4n) is 2.38. The Morgan fingerprint density at radius 2 is 2.29 bits per heavy atom. The molecule has 1 saturated carbocycles. The zero-order chi connectivity index (χ0) is 12.1. The van der Waals surface area contributed by atoms with Crippen molar-refractivity contribution in [3.8, 4) is 0 Å². The lowest BCUT2D eigenvalue weighted by atomic mass is 10.2. The number of nitrogens with zero attached hydrogens (tertiary/aromatic N) is 3. The second kappa shape index (κ2) is 5.77. The lowest BCUT2D eigenvalue weighted by Gasteiger charge is -2.28. The standard InChI is InChI=1S/C11H19N5O/c12-6-3-7-16(9-4-1-2-5-9)11(17)10-8-13-15-14-10/h8-9H,1-7,12H2,(H,13,14,15). The molecule has 3 N–H and O–H groups in total. The maximum absolute atomic E-state index is 12.3. The summed E-state index contributed by atoms with van der Waals surface area (Å²) in [6.45, 7) is 1.32. The monoisotopic (exact) mass is 237 g/mol. The van der Waals surface area contributed by atoms with Crippen LogP contribution in [0.5, 0.6) is 0 Å². The van der Waals surface area contributed by atoms with Gasteiger partial charge in [-0.2, -0.15) is 15.4 Å². The summed E-state index contributed by atoms with van der Waals surface area (Å²) in [5.74, 6) is -0.0286. The van der Waals surface area contributed by atoms with E-state index in [1.807, 2.05) is 4.90 Å². The van der Waals surface area contributed by atoms with E-state index in [9.17, 15) is 4.79 Å². The molecule has 0 unspecified atom stereocenters. The maximum atomic E-state index is 12.3. The molecule has 6 nitrogen and oxygen atoms in total. The van der Waals surface area contributed by atoms with Crippen molar-refractivity contribution in [1.82, 2.24) is 20.3 Å². The summed E-state index contributed by atoms with van der Waals surface area (Å²) in [5, 5.41) is 10.0. The lowest BCUT2D eigenvalue weighted by molar-refractivity contribution is 0.0674. The van der Waals surface area contributed by atoms with Crippen LogP contribution >= 0.6 is 0 Å². The third-order valence-electron chi connectivity index (χ3n) is 3.26. The van der Waals surface area contributed by atoms with Gasteiger partial charge in [-0.1, -0.05) is 12.8 Å². The average Bonchev–Trinajstić information content (AvgIpc) is 3.02. The number of amides is 1. The molecule has 0 saturated heterocycles. The van der Waals surface area contributed by atoms with Crippen molar-refractivity contribution in [2.75, 3.05) is 13.1 Å². The molecule has 1 heterocycles. The number of aromatic amines is 1. The lowest BCUT2D eigenvalue weighted by Crippen LogP contribution is -2.40. The van der Waals surface area contributed by atoms with Crippen molar-refractivity contribution in [2.24, 2.45) is 5.73 Å². The molecule has 0 radical (unpaired) electrons. The van der Waals surface area contributed by atoms with Crippen molar-refractivity contribution in [3.63, 3.8) is 0 Å².